The third kappa shape index (κ3) is 3.03. The highest BCUT2D eigenvalue weighted by atomic mass is 16.3. The number of piperidine rings is 1. The van der Waals surface area contributed by atoms with Gasteiger partial charge in [-0.25, -0.2) is 0 Å². The van der Waals surface area contributed by atoms with E-state index in [0.29, 0.717) is 5.92 Å². The molecule has 1 aromatic rings. The minimum absolute atomic E-state index is 0.0998. The van der Waals surface area contributed by atoms with E-state index in [2.05, 4.69) is 28.9 Å². The van der Waals surface area contributed by atoms with E-state index in [0.717, 1.165) is 32.5 Å². The molecule has 0 amide bonds. The SMILES string of the molecule is CC1CN(CCc2ccncc2)CCC1O. The molecule has 1 aromatic heterocycles. The highest BCUT2D eigenvalue weighted by Crippen LogP contribution is 2.16. The van der Waals surface area contributed by atoms with E-state index in [1.54, 1.807) is 0 Å². The maximum atomic E-state index is 9.65. The third-order valence-electron chi connectivity index (χ3n) is 3.41. The van der Waals surface area contributed by atoms with Crippen LogP contribution in [0.1, 0.15) is 18.9 Å². The summed E-state index contributed by atoms with van der Waals surface area (Å²) in [5.41, 5.74) is 1.34. The summed E-state index contributed by atoms with van der Waals surface area (Å²) in [5.74, 6) is 0.409. The van der Waals surface area contributed by atoms with Gasteiger partial charge >= 0.3 is 0 Å². The molecular weight excluding hydrogens is 200 g/mol. The number of rotatable bonds is 3. The van der Waals surface area contributed by atoms with Gasteiger partial charge in [0.25, 0.3) is 0 Å². The number of aromatic nitrogens is 1. The molecule has 88 valence electrons. The van der Waals surface area contributed by atoms with Crippen LogP contribution < -0.4 is 0 Å². The van der Waals surface area contributed by atoms with Gasteiger partial charge in [0.05, 0.1) is 6.10 Å². The first-order chi connectivity index (χ1) is 7.75. The van der Waals surface area contributed by atoms with Gasteiger partial charge in [0.2, 0.25) is 0 Å². The monoisotopic (exact) mass is 220 g/mol. The van der Waals surface area contributed by atoms with Gasteiger partial charge in [0.1, 0.15) is 0 Å². The molecule has 0 saturated carbocycles. The molecule has 1 aliphatic heterocycles. The van der Waals surface area contributed by atoms with Crippen LogP contribution in [0.4, 0.5) is 0 Å². The van der Waals surface area contributed by atoms with E-state index in [1.807, 2.05) is 12.4 Å². The Morgan fingerprint density at radius 3 is 2.88 bits per heavy atom. The second kappa shape index (κ2) is 5.41. The highest BCUT2D eigenvalue weighted by molar-refractivity contribution is 5.09. The van der Waals surface area contributed by atoms with Crippen molar-refractivity contribution in [2.75, 3.05) is 19.6 Å². The lowest BCUT2D eigenvalue weighted by Gasteiger charge is -2.34. The maximum Gasteiger partial charge on any atom is 0.0590 e. The third-order valence-corrected chi connectivity index (χ3v) is 3.41. The highest BCUT2D eigenvalue weighted by Gasteiger charge is 2.23. The van der Waals surface area contributed by atoms with Gasteiger partial charge in [0.15, 0.2) is 0 Å². The lowest BCUT2D eigenvalue weighted by atomic mass is 9.96. The van der Waals surface area contributed by atoms with Crippen molar-refractivity contribution in [3.8, 4) is 0 Å². The molecule has 0 spiro atoms. The van der Waals surface area contributed by atoms with Crippen LogP contribution in [0.25, 0.3) is 0 Å². The van der Waals surface area contributed by atoms with Crippen LogP contribution in [0.5, 0.6) is 0 Å². The van der Waals surface area contributed by atoms with Gasteiger partial charge < -0.3 is 10.0 Å². The minimum Gasteiger partial charge on any atom is -0.393 e. The molecule has 1 aliphatic rings. The van der Waals surface area contributed by atoms with E-state index < -0.39 is 0 Å². The summed E-state index contributed by atoms with van der Waals surface area (Å²) in [4.78, 5) is 6.46. The fourth-order valence-corrected chi connectivity index (χ4v) is 2.26. The Hall–Kier alpha value is -0.930. The molecule has 2 rings (SSSR count). The summed E-state index contributed by atoms with van der Waals surface area (Å²) in [7, 11) is 0. The van der Waals surface area contributed by atoms with Crippen LogP contribution in [0.15, 0.2) is 24.5 Å². The Kier molecular flexibility index (Phi) is 3.91. The largest absolute Gasteiger partial charge is 0.393 e. The minimum atomic E-state index is -0.0998. The van der Waals surface area contributed by atoms with Crippen molar-refractivity contribution in [3.05, 3.63) is 30.1 Å². The number of hydrogen-bond acceptors (Lipinski definition) is 3. The van der Waals surface area contributed by atoms with Gasteiger partial charge in [-0.2, -0.15) is 0 Å². The fraction of sp³-hybridized carbons (Fsp3) is 0.615. The van der Waals surface area contributed by atoms with Crippen molar-refractivity contribution in [1.82, 2.24) is 9.88 Å². The van der Waals surface area contributed by atoms with E-state index in [9.17, 15) is 5.11 Å². The number of aliphatic hydroxyl groups excluding tert-OH is 1. The van der Waals surface area contributed by atoms with E-state index in [-0.39, 0.29) is 6.10 Å². The Morgan fingerprint density at radius 1 is 1.44 bits per heavy atom. The van der Waals surface area contributed by atoms with Crippen molar-refractivity contribution in [2.24, 2.45) is 5.92 Å². The molecule has 0 aliphatic carbocycles. The van der Waals surface area contributed by atoms with Crippen LogP contribution in [-0.4, -0.2) is 40.7 Å². The standard InChI is InChI=1S/C13H20N2O/c1-11-10-15(9-5-13(11)16)8-4-12-2-6-14-7-3-12/h2-3,6-7,11,13,16H,4-5,8-10H2,1H3. The normalized spacial score (nSPS) is 26.9. The summed E-state index contributed by atoms with van der Waals surface area (Å²) >= 11 is 0. The van der Waals surface area contributed by atoms with Gasteiger partial charge in [-0.05, 0) is 36.5 Å². The summed E-state index contributed by atoms with van der Waals surface area (Å²) in [6.07, 6.45) is 5.58. The quantitative estimate of drug-likeness (QED) is 0.835. The molecule has 0 aromatic carbocycles. The van der Waals surface area contributed by atoms with Crippen LogP contribution in [0.3, 0.4) is 0 Å². The van der Waals surface area contributed by atoms with Crippen LogP contribution in [-0.2, 0) is 6.42 Å². The lowest BCUT2D eigenvalue weighted by molar-refractivity contribution is 0.0356. The maximum absolute atomic E-state index is 9.65. The Balaban J connectivity index is 1.79. The Labute approximate surface area is 97.1 Å². The van der Waals surface area contributed by atoms with Crippen molar-refractivity contribution in [3.63, 3.8) is 0 Å². The first-order valence-electron chi connectivity index (χ1n) is 6.05. The number of aliphatic hydroxyl groups is 1. The van der Waals surface area contributed by atoms with Crippen molar-refractivity contribution < 1.29 is 5.11 Å². The summed E-state index contributed by atoms with van der Waals surface area (Å²) in [6, 6.07) is 4.14. The number of pyridine rings is 1. The van der Waals surface area contributed by atoms with E-state index in [1.165, 1.54) is 5.56 Å². The van der Waals surface area contributed by atoms with Crippen molar-refractivity contribution in [1.29, 1.82) is 0 Å². The number of likely N-dealkylation sites (tertiary alicyclic amines) is 1. The van der Waals surface area contributed by atoms with Crippen LogP contribution in [0.2, 0.25) is 0 Å². The first-order valence-corrected chi connectivity index (χ1v) is 6.05. The number of nitrogens with zero attached hydrogens (tertiary/aromatic N) is 2. The zero-order valence-electron chi connectivity index (χ0n) is 9.84. The molecule has 0 radical (unpaired) electrons. The zero-order chi connectivity index (χ0) is 11.4. The van der Waals surface area contributed by atoms with Gasteiger partial charge in [-0.1, -0.05) is 6.92 Å². The summed E-state index contributed by atoms with van der Waals surface area (Å²) < 4.78 is 0. The van der Waals surface area contributed by atoms with E-state index in [4.69, 9.17) is 0 Å². The van der Waals surface area contributed by atoms with Crippen molar-refractivity contribution >= 4 is 0 Å². The molecule has 2 unspecified atom stereocenters. The zero-order valence-corrected chi connectivity index (χ0v) is 9.84. The second-order valence-corrected chi connectivity index (χ2v) is 4.74. The van der Waals surface area contributed by atoms with Gasteiger partial charge in [-0.3, -0.25) is 4.98 Å². The van der Waals surface area contributed by atoms with Crippen LogP contribution >= 0.6 is 0 Å². The Bertz CT molecular complexity index is 315. The molecular formula is C13H20N2O. The predicted octanol–water partition coefficient (Wildman–Crippen LogP) is 1.33. The number of hydrogen-bond donors (Lipinski definition) is 1. The van der Waals surface area contributed by atoms with Crippen LogP contribution in [0, 0.1) is 5.92 Å². The molecule has 2 heterocycles. The topological polar surface area (TPSA) is 36.4 Å². The van der Waals surface area contributed by atoms with Gasteiger partial charge in [0, 0.05) is 32.0 Å². The first kappa shape index (κ1) is 11.6. The van der Waals surface area contributed by atoms with E-state index >= 15 is 0 Å². The van der Waals surface area contributed by atoms with Gasteiger partial charge in [-0.15, -0.1) is 0 Å². The molecule has 3 nitrogen and oxygen atoms in total. The Morgan fingerprint density at radius 2 is 2.19 bits per heavy atom. The molecule has 16 heavy (non-hydrogen) atoms. The molecule has 0 bridgehead atoms. The molecule has 3 heteroatoms. The fourth-order valence-electron chi connectivity index (χ4n) is 2.26. The summed E-state index contributed by atoms with van der Waals surface area (Å²) in [5, 5.41) is 9.65. The predicted molar refractivity (Wildman–Crippen MR) is 64.2 cm³/mol. The smallest absolute Gasteiger partial charge is 0.0590 e. The molecule has 1 saturated heterocycles. The lowest BCUT2D eigenvalue weighted by Crippen LogP contribution is -2.42. The second-order valence-electron chi connectivity index (χ2n) is 4.74. The molecule has 2 atom stereocenters. The van der Waals surface area contributed by atoms with Crippen molar-refractivity contribution in [2.45, 2.75) is 25.9 Å². The summed E-state index contributed by atoms with van der Waals surface area (Å²) in [6.45, 7) is 5.26. The average Bonchev–Trinajstić information content (AvgIpc) is 2.32. The average molecular weight is 220 g/mol. The molecule has 1 N–H and O–H groups in total. The molecule has 1 fully saturated rings.